The fraction of sp³-hybridized carbons (Fsp3) is 0. The normalized spacial score (nSPS) is 10.9. The molecule has 0 atom stereocenters. The van der Waals surface area contributed by atoms with E-state index < -0.39 is 4.92 Å². The Hall–Kier alpha value is -2.33. The number of nitrogens with zero attached hydrogens (tertiary/aromatic N) is 3. The van der Waals surface area contributed by atoms with Gasteiger partial charge in [0, 0.05) is 22.6 Å². The van der Waals surface area contributed by atoms with E-state index in [1.165, 1.54) is 23.6 Å². The van der Waals surface area contributed by atoms with Gasteiger partial charge in [0.15, 0.2) is 0 Å². The number of thiazole rings is 1. The largest absolute Gasteiger partial charge is 0.283 e. The van der Waals surface area contributed by atoms with Gasteiger partial charge in [0.1, 0.15) is 0 Å². The van der Waals surface area contributed by atoms with Crippen molar-refractivity contribution in [3.63, 3.8) is 0 Å². The summed E-state index contributed by atoms with van der Waals surface area (Å²) in [4.78, 5) is 15.0. The van der Waals surface area contributed by atoms with Crippen LogP contribution in [0.4, 0.5) is 10.8 Å². The van der Waals surface area contributed by atoms with Crippen LogP contribution in [0.2, 0.25) is 0 Å². The minimum atomic E-state index is -0.403. The maximum atomic E-state index is 10.9. The average molecular weight is 450 g/mol. The Morgan fingerprint density at radius 3 is 2.79 bits per heavy atom. The number of hydrogen-bond acceptors (Lipinski definition) is 6. The average Bonchev–Trinajstić information content (AvgIpc) is 3.06. The van der Waals surface area contributed by atoms with Crippen LogP contribution in [0.15, 0.2) is 59.0 Å². The molecule has 0 amide bonds. The predicted molar refractivity (Wildman–Crippen MR) is 105 cm³/mol. The van der Waals surface area contributed by atoms with Gasteiger partial charge in [-0.2, -0.15) is 5.10 Å². The van der Waals surface area contributed by atoms with E-state index in [-0.39, 0.29) is 5.69 Å². The number of hydrogen-bond donors (Lipinski definition) is 1. The molecule has 0 fully saturated rings. The molecule has 0 spiro atoms. The standard InChI is InChI=1S/C16H11IN4O2S/c17-13-7-6-11(8-15(13)21(22)23)9-18-20-16-19-14(10-24-16)12-4-2-1-3-5-12/h1-10H,(H,19,20). The van der Waals surface area contributed by atoms with Gasteiger partial charge >= 0.3 is 0 Å². The molecule has 2 aromatic carbocycles. The second-order valence-electron chi connectivity index (χ2n) is 4.74. The molecule has 0 aliphatic heterocycles. The Kier molecular flexibility index (Phi) is 5.16. The van der Waals surface area contributed by atoms with E-state index in [0.29, 0.717) is 14.3 Å². The van der Waals surface area contributed by atoms with E-state index >= 15 is 0 Å². The Balaban J connectivity index is 1.70. The van der Waals surface area contributed by atoms with Crippen molar-refractivity contribution >= 4 is 51.0 Å². The van der Waals surface area contributed by atoms with Crippen molar-refractivity contribution in [2.75, 3.05) is 5.43 Å². The monoisotopic (exact) mass is 450 g/mol. The van der Waals surface area contributed by atoms with Crippen LogP contribution in [0.3, 0.4) is 0 Å². The molecule has 1 heterocycles. The van der Waals surface area contributed by atoms with Gasteiger partial charge in [0.2, 0.25) is 5.13 Å². The summed E-state index contributed by atoms with van der Waals surface area (Å²) < 4.78 is 0.593. The van der Waals surface area contributed by atoms with Crippen molar-refractivity contribution in [2.45, 2.75) is 0 Å². The van der Waals surface area contributed by atoms with Crippen LogP contribution in [0.25, 0.3) is 11.3 Å². The van der Waals surface area contributed by atoms with Crippen molar-refractivity contribution < 1.29 is 4.92 Å². The first-order valence-corrected chi connectivity index (χ1v) is 8.83. The van der Waals surface area contributed by atoms with Crippen LogP contribution in [0.5, 0.6) is 0 Å². The van der Waals surface area contributed by atoms with Gasteiger partial charge in [-0.25, -0.2) is 4.98 Å². The first-order valence-electron chi connectivity index (χ1n) is 6.87. The lowest BCUT2D eigenvalue weighted by Crippen LogP contribution is -1.95. The van der Waals surface area contributed by atoms with Crippen LogP contribution in [-0.2, 0) is 0 Å². The molecule has 3 rings (SSSR count). The highest BCUT2D eigenvalue weighted by Crippen LogP contribution is 2.24. The summed E-state index contributed by atoms with van der Waals surface area (Å²) in [6.45, 7) is 0. The van der Waals surface area contributed by atoms with Gasteiger partial charge in [-0.1, -0.05) is 36.4 Å². The smallest absolute Gasteiger partial charge is 0.258 e. The Labute approximate surface area is 155 Å². The summed E-state index contributed by atoms with van der Waals surface area (Å²) in [6, 6.07) is 14.8. The van der Waals surface area contributed by atoms with Crippen molar-refractivity contribution in [2.24, 2.45) is 5.10 Å². The molecule has 120 valence electrons. The summed E-state index contributed by atoms with van der Waals surface area (Å²) in [5.41, 5.74) is 5.49. The molecule has 0 aliphatic rings. The highest BCUT2D eigenvalue weighted by molar-refractivity contribution is 14.1. The Morgan fingerprint density at radius 1 is 1.25 bits per heavy atom. The molecule has 1 N–H and O–H groups in total. The van der Waals surface area contributed by atoms with E-state index in [9.17, 15) is 10.1 Å². The lowest BCUT2D eigenvalue weighted by molar-refractivity contribution is -0.385. The number of anilines is 1. The number of hydrazone groups is 1. The van der Waals surface area contributed by atoms with E-state index in [1.54, 1.807) is 12.1 Å². The van der Waals surface area contributed by atoms with Crippen molar-refractivity contribution in [3.8, 4) is 11.3 Å². The molecular weight excluding hydrogens is 439 g/mol. The first-order chi connectivity index (χ1) is 11.6. The molecule has 0 bridgehead atoms. The molecule has 8 heteroatoms. The maximum Gasteiger partial charge on any atom is 0.283 e. The summed E-state index contributed by atoms with van der Waals surface area (Å²) in [6.07, 6.45) is 1.53. The van der Waals surface area contributed by atoms with Crippen LogP contribution in [-0.4, -0.2) is 16.1 Å². The van der Waals surface area contributed by atoms with Gasteiger partial charge in [-0.05, 0) is 28.7 Å². The zero-order valence-corrected chi connectivity index (χ0v) is 15.2. The first kappa shape index (κ1) is 16.5. The summed E-state index contributed by atoms with van der Waals surface area (Å²) in [5.74, 6) is 0. The topological polar surface area (TPSA) is 80.4 Å². The zero-order valence-electron chi connectivity index (χ0n) is 12.2. The number of aromatic nitrogens is 1. The molecule has 6 nitrogen and oxygen atoms in total. The molecular formula is C16H11IN4O2S. The number of halogens is 1. The summed E-state index contributed by atoms with van der Waals surface area (Å²) in [7, 11) is 0. The van der Waals surface area contributed by atoms with Crippen LogP contribution >= 0.6 is 33.9 Å². The lowest BCUT2D eigenvalue weighted by Gasteiger charge is -1.98. The highest BCUT2D eigenvalue weighted by Gasteiger charge is 2.11. The van der Waals surface area contributed by atoms with Gasteiger partial charge < -0.3 is 0 Å². The van der Waals surface area contributed by atoms with E-state index in [0.717, 1.165) is 11.3 Å². The fourth-order valence-corrected chi connectivity index (χ4v) is 3.18. The quantitative estimate of drug-likeness (QED) is 0.263. The molecule has 0 saturated heterocycles. The molecule has 0 aliphatic carbocycles. The molecule has 3 aromatic rings. The van der Waals surface area contributed by atoms with E-state index in [2.05, 4.69) is 15.5 Å². The fourth-order valence-electron chi connectivity index (χ4n) is 1.98. The summed E-state index contributed by atoms with van der Waals surface area (Å²) in [5, 5.41) is 17.6. The highest BCUT2D eigenvalue weighted by atomic mass is 127. The van der Waals surface area contributed by atoms with Gasteiger partial charge in [-0.3, -0.25) is 15.5 Å². The minimum absolute atomic E-state index is 0.0696. The number of benzene rings is 2. The van der Waals surface area contributed by atoms with Gasteiger partial charge in [0.05, 0.1) is 20.4 Å². The molecule has 0 saturated carbocycles. The van der Waals surface area contributed by atoms with Crippen molar-refractivity contribution in [1.82, 2.24) is 4.98 Å². The van der Waals surface area contributed by atoms with Gasteiger partial charge in [0.25, 0.3) is 5.69 Å². The second-order valence-corrected chi connectivity index (χ2v) is 6.76. The number of nitrogens with one attached hydrogen (secondary N) is 1. The maximum absolute atomic E-state index is 10.9. The van der Waals surface area contributed by atoms with Crippen LogP contribution in [0.1, 0.15) is 5.56 Å². The number of nitro groups is 1. The second kappa shape index (κ2) is 7.49. The number of rotatable bonds is 5. The number of nitro benzene ring substituents is 1. The molecule has 0 radical (unpaired) electrons. The zero-order chi connectivity index (χ0) is 16.9. The van der Waals surface area contributed by atoms with E-state index in [4.69, 9.17) is 0 Å². The third-order valence-electron chi connectivity index (χ3n) is 3.11. The lowest BCUT2D eigenvalue weighted by atomic mass is 10.2. The summed E-state index contributed by atoms with van der Waals surface area (Å²) >= 11 is 3.38. The Bertz CT molecular complexity index is 896. The molecule has 0 unspecified atom stereocenters. The van der Waals surface area contributed by atoms with Crippen LogP contribution < -0.4 is 5.43 Å². The van der Waals surface area contributed by atoms with E-state index in [1.807, 2.05) is 58.3 Å². The van der Waals surface area contributed by atoms with Crippen LogP contribution in [0, 0.1) is 13.7 Å². The van der Waals surface area contributed by atoms with Gasteiger partial charge in [-0.15, -0.1) is 11.3 Å². The minimum Gasteiger partial charge on any atom is -0.258 e. The third-order valence-corrected chi connectivity index (χ3v) is 4.77. The predicted octanol–water partition coefficient (Wildman–Crippen LogP) is 4.77. The third kappa shape index (κ3) is 3.95. The molecule has 24 heavy (non-hydrogen) atoms. The van der Waals surface area contributed by atoms with Crippen molar-refractivity contribution in [3.05, 3.63) is 73.2 Å². The Morgan fingerprint density at radius 2 is 2.04 bits per heavy atom. The SMILES string of the molecule is O=[N+]([O-])c1cc(C=NNc2nc(-c3ccccc3)cs2)ccc1I. The van der Waals surface area contributed by atoms with Crippen molar-refractivity contribution in [1.29, 1.82) is 0 Å². The molecule has 1 aromatic heterocycles.